The van der Waals surface area contributed by atoms with Crippen molar-refractivity contribution >= 4 is 46.1 Å². The number of ether oxygens (including phenoxy) is 1. The van der Waals surface area contributed by atoms with Gasteiger partial charge in [-0.3, -0.25) is 29.3 Å². The zero-order valence-electron chi connectivity index (χ0n) is 32.3. The van der Waals surface area contributed by atoms with Gasteiger partial charge in [0.1, 0.15) is 17.5 Å². The Kier molecular flexibility index (Phi) is 11.2. The second kappa shape index (κ2) is 16.4. The van der Waals surface area contributed by atoms with E-state index in [1.807, 2.05) is 42.8 Å². The number of fused-ring (bicyclic) bond motifs is 2. The van der Waals surface area contributed by atoms with Crippen molar-refractivity contribution in [1.29, 1.82) is 0 Å². The minimum atomic E-state index is -0.769. The average molecular weight is 793 g/mol. The number of imide groups is 1. The molecular weight excluding hydrogens is 748 g/mol. The summed E-state index contributed by atoms with van der Waals surface area (Å²) in [7, 11) is 1.64. The van der Waals surface area contributed by atoms with Crippen molar-refractivity contribution in [3.05, 3.63) is 77.5 Å². The van der Waals surface area contributed by atoms with Gasteiger partial charge in [-0.05, 0) is 60.4 Å². The van der Waals surface area contributed by atoms with Crippen LogP contribution in [0.5, 0.6) is 17.5 Å². The number of carbonyl (C=O) groups excluding carboxylic acids is 5. The molecule has 7 rings (SSSR count). The van der Waals surface area contributed by atoms with Crippen molar-refractivity contribution in [2.24, 2.45) is 0 Å². The lowest BCUT2D eigenvalue weighted by atomic mass is 9.98. The number of phenols is 2. The summed E-state index contributed by atoms with van der Waals surface area (Å²) in [4.78, 5) is 65.7. The highest BCUT2D eigenvalue weighted by Gasteiger charge is 2.40. The molecule has 1 saturated heterocycles. The number of hydrogen-bond donors (Lipinski definition) is 5. The SMILES string of the molecule is CC(C)c1cc(-c2nnc(O)n2-c2ccc3c(ccn3CCOCCN(C)C(=O)CCC(=O)Nc3cccc4c3CN(C3CCC(=O)NC3=O)C4=O)c2)c(O)cc1O. The van der Waals surface area contributed by atoms with E-state index in [1.54, 1.807) is 37.4 Å². The highest BCUT2D eigenvalue weighted by atomic mass is 16.5. The Hall–Kier alpha value is -6.75. The van der Waals surface area contributed by atoms with E-state index in [0.29, 0.717) is 53.3 Å². The maximum atomic E-state index is 13.1. The summed E-state index contributed by atoms with van der Waals surface area (Å²) in [6, 6.07) is 14.2. The van der Waals surface area contributed by atoms with E-state index >= 15 is 0 Å². The van der Waals surface area contributed by atoms with Gasteiger partial charge in [0.25, 0.3) is 5.91 Å². The minimum absolute atomic E-state index is 0.0256. The molecule has 17 nitrogen and oxygen atoms in total. The Morgan fingerprint density at radius 2 is 1.79 bits per heavy atom. The fourth-order valence-corrected chi connectivity index (χ4v) is 7.36. The first-order chi connectivity index (χ1) is 27.8. The third-order valence-corrected chi connectivity index (χ3v) is 10.6. The standard InChI is InChI=1S/C41H44N8O9/c1-23(2)27-20-28(34(51)21-33(27)50)38-44-45-41(57)49(38)25-7-8-31-24(19-25)13-14-47(31)16-18-58-17-15-46(3)37(54)12-11-35(52)42-30-6-4-5-26-29(30)22-48(40(26)56)32-9-10-36(53)43-39(32)55/h4-8,13-14,19-21,23,32,50-51H,9-12,15-18,22H2,1-3H3,(H,42,52)(H,45,57)(H,43,53,55). The summed E-state index contributed by atoms with van der Waals surface area (Å²) in [5.74, 6) is -1.89. The van der Waals surface area contributed by atoms with Gasteiger partial charge in [0.05, 0.1) is 24.5 Å². The molecule has 17 heteroatoms. The number of amides is 5. The van der Waals surface area contributed by atoms with Gasteiger partial charge in [-0.15, -0.1) is 5.10 Å². The van der Waals surface area contributed by atoms with Crippen molar-refractivity contribution in [2.75, 3.05) is 32.1 Å². The van der Waals surface area contributed by atoms with E-state index in [-0.39, 0.29) is 91.7 Å². The van der Waals surface area contributed by atoms with Crippen molar-refractivity contribution in [1.82, 2.24) is 34.4 Å². The van der Waals surface area contributed by atoms with Crippen LogP contribution in [0, 0.1) is 0 Å². The Morgan fingerprint density at radius 3 is 2.57 bits per heavy atom. The van der Waals surface area contributed by atoms with E-state index in [1.165, 1.54) is 20.4 Å². The second-order valence-corrected chi connectivity index (χ2v) is 14.7. The van der Waals surface area contributed by atoms with E-state index in [0.717, 1.165) is 10.9 Å². The lowest BCUT2D eigenvalue weighted by molar-refractivity contribution is -0.137. The monoisotopic (exact) mass is 792 g/mol. The zero-order chi connectivity index (χ0) is 41.2. The normalized spacial score (nSPS) is 15.3. The summed E-state index contributed by atoms with van der Waals surface area (Å²) in [6.45, 7) is 5.46. The summed E-state index contributed by atoms with van der Waals surface area (Å²) in [5, 5.41) is 45.5. The molecular formula is C41H44N8O9. The number of aromatic nitrogens is 4. The number of aromatic hydroxyl groups is 3. The smallest absolute Gasteiger partial charge is 0.319 e. The molecule has 302 valence electrons. The third-order valence-electron chi connectivity index (χ3n) is 10.6. The lowest BCUT2D eigenvalue weighted by Gasteiger charge is -2.29. The van der Waals surface area contributed by atoms with Crippen molar-refractivity contribution < 1.29 is 44.0 Å². The molecule has 2 aliphatic rings. The zero-order valence-corrected chi connectivity index (χ0v) is 32.3. The van der Waals surface area contributed by atoms with Crippen LogP contribution in [0.1, 0.15) is 66.9 Å². The number of anilines is 1. The number of phenolic OH excluding ortho intramolecular Hbond substituents is 2. The number of carbonyl (C=O) groups is 5. The molecule has 2 aliphatic heterocycles. The fourth-order valence-electron chi connectivity index (χ4n) is 7.36. The Labute approximate surface area is 332 Å². The summed E-state index contributed by atoms with van der Waals surface area (Å²) >= 11 is 0. The highest BCUT2D eigenvalue weighted by molar-refractivity contribution is 6.07. The molecule has 0 bridgehead atoms. The maximum absolute atomic E-state index is 13.1. The Balaban J connectivity index is 0.875. The molecule has 1 fully saturated rings. The molecule has 0 saturated carbocycles. The Bertz CT molecular complexity index is 2440. The average Bonchev–Trinajstić information content (AvgIpc) is 3.88. The largest absolute Gasteiger partial charge is 0.508 e. The van der Waals surface area contributed by atoms with Gasteiger partial charge in [-0.25, -0.2) is 4.57 Å². The number of benzene rings is 3. The molecule has 5 aromatic rings. The van der Waals surface area contributed by atoms with E-state index in [9.17, 15) is 39.3 Å². The number of likely N-dealkylation sites (N-methyl/N-ethyl adjacent to an activating group) is 1. The number of rotatable bonds is 14. The minimum Gasteiger partial charge on any atom is -0.508 e. The van der Waals surface area contributed by atoms with Crippen LogP contribution in [0.15, 0.2) is 60.8 Å². The molecule has 1 unspecified atom stereocenters. The topological polar surface area (TPSA) is 221 Å². The molecule has 4 heterocycles. The molecule has 58 heavy (non-hydrogen) atoms. The lowest BCUT2D eigenvalue weighted by Crippen LogP contribution is -2.52. The van der Waals surface area contributed by atoms with E-state index in [2.05, 4.69) is 20.8 Å². The molecule has 2 aromatic heterocycles. The number of piperidine rings is 1. The predicted molar refractivity (Wildman–Crippen MR) is 210 cm³/mol. The van der Waals surface area contributed by atoms with Crippen molar-refractivity contribution in [3.63, 3.8) is 0 Å². The quantitative estimate of drug-likeness (QED) is 0.0804. The molecule has 0 spiro atoms. The first-order valence-corrected chi connectivity index (χ1v) is 19.0. The van der Waals surface area contributed by atoms with Gasteiger partial charge in [0, 0.05) is 85.9 Å². The Morgan fingerprint density at radius 1 is 0.983 bits per heavy atom. The second-order valence-electron chi connectivity index (χ2n) is 14.7. The third kappa shape index (κ3) is 7.93. The molecule has 3 aromatic carbocycles. The van der Waals surface area contributed by atoms with Crippen LogP contribution in [-0.4, -0.2) is 107 Å². The molecule has 0 aliphatic carbocycles. The first kappa shape index (κ1) is 39.5. The summed E-state index contributed by atoms with van der Waals surface area (Å²) < 4.78 is 9.29. The van der Waals surface area contributed by atoms with Gasteiger partial charge in [-0.1, -0.05) is 25.0 Å². The van der Waals surface area contributed by atoms with Crippen LogP contribution < -0.4 is 10.6 Å². The van der Waals surface area contributed by atoms with E-state index in [4.69, 9.17) is 4.74 Å². The van der Waals surface area contributed by atoms with Crippen LogP contribution in [-0.2, 0) is 37.0 Å². The van der Waals surface area contributed by atoms with Crippen LogP contribution >= 0.6 is 0 Å². The number of nitrogens with one attached hydrogen (secondary N) is 2. The van der Waals surface area contributed by atoms with E-state index < -0.39 is 11.9 Å². The molecule has 5 amide bonds. The van der Waals surface area contributed by atoms with Crippen LogP contribution in [0.3, 0.4) is 0 Å². The van der Waals surface area contributed by atoms with Gasteiger partial charge in [0.2, 0.25) is 23.6 Å². The predicted octanol–water partition coefficient (Wildman–Crippen LogP) is 3.78. The number of hydrogen-bond acceptors (Lipinski definition) is 11. The molecule has 1 atom stereocenters. The van der Waals surface area contributed by atoms with Gasteiger partial charge < -0.3 is 39.7 Å². The highest BCUT2D eigenvalue weighted by Crippen LogP contribution is 2.39. The number of nitrogens with zero attached hydrogens (tertiary/aromatic N) is 6. The van der Waals surface area contributed by atoms with Crippen molar-refractivity contribution in [2.45, 2.75) is 64.6 Å². The summed E-state index contributed by atoms with van der Waals surface area (Å²) in [5.41, 5.74) is 3.82. The van der Waals surface area contributed by atoms with Crippen LogP contribution in [0.4, 0.5) is 5.69 Å². The van der Waals surface area contributed by atoms with Gasteiger partial charge in [-0.2, -0.15) is 0 Å². The van der Waals surface area contributed by atoms with Crippen molar-refractivity contribution in [3.8, 4) is 34.6 Å². The first-order valence-electron chi connectivity index (χ1n) is 19.0. The fraction of sp³-hybridized carbons (Fsp3) is 0.341. The molecule has 0 radical (unpaired) electrons. The molecule has 5 N–H and O–H groups in total. The van der Waals surface area contributed by atoms with Gasteiger partial charge >= 0.3 is 6.01 Å². The maximum Gasteiger partial charge on any atom is 0.319 e. The summed E-state index contributed by atoms with van der Waals surface area (Å²) in [6.07, 6.45) is 2.19. The van der Waals surface area contributed by atoms with Gasteiger partial charge in [0.15, 0.2) is 5.82 Å². The van der Waals surface area contributed by atoms with Crippen LogP contribution in [0.2, 0.25) is 0 Å². The van der Waals surface area contributed by atoms with Crippen LogP contribution in [0.25, 0.3) is 28.0 Å².